The third-order valence-electron chi connectivity index (χ3n) is 2.92. The summed E-state index contributed by atoms with van der Waals surface area (Å²) in [4.78, 5) is 22.7. The molecule has 0 aliphatic carbocycles. The summed E-state index contributed by atoms with van der Waals surface area (Å²) in [6, 6.07) is 7.12. The molecule has 0 bridgehead atoms. The lowest BCUT2D eigenvalue weighted by Gasteiger charge is -2.20. The van der Waals surface area contributed by atoms with Gasteiger partial charge in [0.2, 0.25) is 0 Å². The van der Waals surface area contributed by atoms with Crippen LogP contribution in [-0.4, -0.2) is 23.7 Å². The van der Waals surface area contributed by atoms with Crippen LogP contribution in [-0.2, 0) is 11.2 Å². The van der Waals surface area contributed by atoms with Crippen molar-refractivity contribution in [3.05, 3.63) is 29.8 Å². The number of aryl methyl sites for hydroxylation is 1. The van der Waals surface area contributed by atoms with Crippen molar-refractivity contribution in [3.63, 3.8) is 0 Å². The number of aliphatic carboxylic acids is 1. The predicted molar refractivity (Wildman–Crippen MR) is 74.3 cm³/mol. The zero-order valence-electron chi connectivity index (χ0n) is 11.5. The standard InChI is InChI=1S/C14H20N2O3/c1-4-10-7-5-6-8-11(10)16-13(19)15-9-14(2,3)12(17)18/h5-8H,4,9H2,1-3H3,(H,17,18)(H2,15,16,19). The lowest BCUT2D eigenvalue weighted by atomic mass is 9.94. The summed E-state index contributed by atoms with van der Waals surface area (Å²) in [5, 5.41) is 14.3. The summed E-state index contributed by atoms with van der Waals surface area (Å²) in [7, 11) is 0. The van der Waals surface area contributed by atoms with Crippen molar-refractivity contribution >= 4 is 17.7 Å². The van der Waals surface area contributed by atoms with E-state index in [1.54, 1.807) is 13.8 Å². The highest BCUT2D eigenvalue weighted by atomic mass is 16.4. The molecule has 1 rings (SSSR count). The van der Waals surface area contributed by atoms with Gasteiger partial charge in [-0.3, -0.25) is 4.79 Å². The largest absolute Gasteiger partial charge is 0.481 e. The number of carboxylic acids is 1. The number of nitrogens with one attached hydrogen (secondary N) is 2. The lowest BCUT2D eigenvalue weighted by Crippen LogP contribution is -2.40. The van der Waals surface area contributed by atoms with Crippen LogP contribution < -0.4 is 10.6 Å². The Morgan fingerprint density at radius 1 is 1.26 bits per heavy atom. The number of para-hydroxylation sites is 1. The van der Waals surface area contributed by atoms with E-state index < -0.39 is 17.4 Å². The van der Waals surface area contributed by atoms with E-state index in [-0.39, 0.29) is 6.54 Å². The van der Waals surface area contributed by atoms with Crippen LogP contribution in [0.4, 0.5) is 10.5 Å². The van der Waals surface area contributed by atoms with Crippen molar-refractivity contribution in [2.75, 3.05) is 11.9 Å². The van der Waals surface area contributed by atoms with Gasteiger partial charge in [-0.15, -0.1) is 0 Å². The van der Waals surface area contributed by atoms with Gasteiger partial charge in [-0.1, -0.05) is 25.1 Å². The Morgan fingerprint density at radius 3 is 2.47 bits per heavy atom. The quantitative estimate of drug-likeness (QED) is 0.764. The van der Waals surface area contributed by atoms with E-state index in [1.165, 1.54) is 0 Å². The summed E-state index contributed by atoms with van der Waals surface area (Å²) in [6.45, 7) is 5.21. The van der Waals surface area contributed by atoms with Gasteiger partial charge < -0.3 is 15.7 Å². The van der Waals surface area contributed by atoms with Crippen molar-refractivity contribution in [2.45, 2.75) is 27.2 Å². The van der Waals surface area contributed by atoms with Gasteiger partial charge in [-0.05, 0) is 31.9 Å². The molecule has 1 aromatic carbocycles. The van der Waals surface area contributed by atoms with Crippen LogP contribution >= 0.6 is 0 Å². The number of anilines is 1. The summed E-state index contributed by atoms with van der Waals surface area (Å²) >= 11 is 0. The van der Waals surface area contributed by atoms with Crippen molar-refractivity contribution in [1.29, 1.82) is 0 Å². The molecule has 0 atom stereocenters. The number of rotatable bonds is 5. The average molecular weight is 264 g/mol. The molecular weight excluding hydrogens is 244 g/mol. The lowest BCUT2D eigenvalue weighted by molar-refractivity contribution is -0.146. The van der Waals surface area contributed by atoms with Gasteiger partial charge in [0.15, 0.2) is 0 Å². The first-order chi connectivity index (χ1) is 8.86. The minimum Gasteiger partial charge on any atom is -0.481 e. The number of carboxylic acid groups (broad SMARTS) is 1. The van der Waals surface area contributed by atoms with E-state index in [1.807, 2.05) is 31.2 Å². The molecule has 0 spiro atoms. The maximum absolute atomic E-state index is 11.7. The van der Waals surface area contributed by atoms with Crippen LogP contribution in [0, 0.1) is 5.41 Å². The molecule has 0 heterocycles. The van der Waals surface area contributed by atoms with Crippen molar-refractivity contribution in [2.24, 2.45) is 5.41 Å². The molecule has 5 nitrogen and oxygen atoms in total. The molecule has 0 saturated heterocycles. The van der Waals surface area contributed by atoms with Gasteiger partial charge in [0.1, 0.15) is 0 Å². The Morgan fingerprint density at radius 2 is 1.89 bits per heavy atom. The minimum atomic E-state index is -0.985. The van der Waals surface area contributed by atoms with E-state index in [0.29, 0.717) is 0 Å². The van der Waals surface area contributed by atoms with Crippen LogP contribution in [0.25, 0.3) is 0 Å². The van der Waals surface area contributed by atoms with Gasteiger partial charge >= 0.3 is 12.0 Å². The molecule has 0 radical (unpaired) electrons. The molecular formula is C14H20N2O3. The van der Waals surface area contributed by atoms with Gasteiger partial charge in [0.25, 0.3) is 0 Å². The van der Waals surface area contributed by atoms with Crippen molar-refractivity contribution < 1.29 is 14.7 Å². The Kier molecular flexibility index (Phi) is 4.92. The van der Waals surface area contributed by atoms with E-state index in [9.17, 15) is 9.59 Å². The maximum Gasteiger partial charge on any atom is 0.319 e. The van der Waals surface area contributed by atoms with E-state index in [0.717, 1.165) is 17.7 Å². The van der Waals surface area contributed by atoms with Crippen LogP contribution in [0.15, 0.2) is 24.3 Å². The first-order valence-corrected chi connectivity index (χ1v) is 6.23. The highest BCUT2D eigenvalue weighted by Gasteiger charge is 2.27. The highest BCUT2D eigenvalue weighted by Crippen LogP contribution is 2.16. The number of hydrogen-bond donors (Lipinski definition) is 3. The smallest absolute Gasteiger partial charge is 0.319 e. The molecule has 0 fully saturated rings. The molecule has 0 aliphatic heterocycles. The fourth-order valence-electron chi connectivity index (χ4n) is 1.49. The third-order valence-corrected chi connectivity index (χ3v) is 2.92. The molecule has 0 unspecified atom stereocenters. The molecule has 0 aliphatic rings. The predicted octanol–water partition coefficient (Wildman–Crippen LogP) is 2.48. The van der Waals surface area contributed by atoms with Gasteiger partial charge in [-0.25, -0.2) is 4.79 Å². The molecule has 1 aromatic rings. The van der Waals surface area contributed by atoms with Crippen LogP contribution in [0.5, 0.6) is 0 Å². The fraction of sp³-hybridized carbons (Fsp3) is 0.429. The second-order valence-electron chi connectivity index (χ2n) is 5.01. The molecule has 19 heavy (non-hydrogen) atoms. The van der Waals surface area contributed by atoms with Crippen LogP contribution in [0.3, 0.4) is 0 Å². The summed E-state index contributed by atoms with van der Waals surface area (Å²) in [5.74, 6) is -0.943. The second kappa shape index (κ2) is 6.22. The normalized spacial score (nSPS) is 10.9. The molecule has 0 saturated carbocycles. The summed E-state index contributed by atoms with van der Waals surface area (Å²) in [6.07, 6.45) is 0.817. The van der Waals surface area contributed by atoms with Gasteiger partial charge in [0.05, 0.1) is 5.41 Å². The third kappa shape index (κ3) is 4.28. The Labute approximate surface area is 113 Å². The zero-order chi connectivity index (χ0) is 14.5. The van der Waals surface area contributed by atoms with Gasteiger partial charge in [-0.2, -0.15) is 0 Å². The molecule has 2 amide bonds. The van der Waals surface area contributed by atoms with Gasteiger partial charge in [0, 0.05) is 12.2 Å². The molecule has 0 aromatic heterocycles. The first kappa shape index (κ1) is 15.0. The zero-order valence-corrected chi connectivity index (χ0v) is 11.5. The Balaban J connectivity index is 2.59. The van der Waals surface area contributed by atoms with Crippen LogP contribution in [0.2, 0.25) is 0 Å². The highest BCUT2D eigenvalue weighted by molar-refractivity contribution is 5.90. The van der Waals surface area contributed by atoms with E-state index in [4.69, 9.17) is 5.11 Å². The number of hydrogen-bond acceptors (Lipinski definition) is 2. The minimum absolute atomic E-state index is 0.0719. The van der Waals surface area contributed by atoms with Crippen molar-refractivity contribution in [1.82, 2.24) is 5.32 Å². The molecule has 5 heteroatoms. The molecule has 3 N–H and O–H groups in total. The maximum atomic E-state index is 11.7. The van der Waals surface area contributed by atoms with E-state index in [2.05, 4.69) is 10.6 Å². The number of urea groups is 1. The molecule has 104 valence electrons. The Bertz CT molecular complexity index is 470. The Hall–Kier alpha value is -2.04. The first-order valence-electron chi connectivity index (χ1n) is 6.23. The summed E-state index contributed by atoms with van der Waals surface area (Å²) < 4.78 is 0. The van der Waals surface area contributed by atoms with Crippen molar-refractivity contribution in [3.8, 4) is 0 Å². The fourth-order valence-corrected chi connectivity index (χ4v) is 1.49. The van der Waals surface area contributed by atoms with E-state index >= 15 is 0 Å². The second-order valence-corrected chi connectivity index (χ2v) is 5.01. The number of carbonyl (C=O) groups excluding carboxylic acids is 1. The van der Waals surface area contributed by atoms with Crippen LogP contribution in [0.1, 0.15) is 26.3 Å². The monoisotopic (exact) mass is 264 g/mol. The summed E-state index contributed by atoms with van der Waals surface area (Å²) in [5.41, 5.74) is 0.799. The number of benzene rings is 1. The topological polar surface area (TPSA) is 78.4 Å². The number of carbonyl (C=O) groups is 2. The number of amides is 2. The average Bonchev–Trinajstić information content (AvgIpc) is 2.37. The SMILES string of the molecule is CCc1ccccc1NC(=O)NCC(C)(C)C(=O)O.